The number of fused-ring (bicyclic) bond motifs is 1. The van der Waals surface area contributed by atoms with Gasteiger partial charge in [0.15, 0.2) is 11.5 Å². The summed E-state index contributed by atoms with van der Waals surface area (Å²) in [7, 11) is 1.51. The number of ether oxygens (including phenoxy) is 1. The average Bonchev–Trinajstić information content (AvgIpc) is 2.73. The van der Waals surface area contributed by atoms with Crippen LogP contribution in [0, 0.1) is 10.1 Å². The van der Waals surface area contributed by atoms with Crippen molar-refractivity contribution in [1.82, 2.24) is 4.31 Å². The largest absolute Gasteiger partial charge is 0.504 e. The molecule has 0 amide bonds. The predicted octanol–water partition coefficient (Wildman–Crippen LogP) is 5.62. The number of benzene rings is 3. The van der Waals surface area contributed by atoms with Crippen molar-refractivity contribution < 1.29 is 14.8 Å². The smallest absolute Gasteiger partial charge is 0.284 e. The van der Waals surface area contributed by atoms with Crippen LogP contribution in [0.4, 0.5) is 5.69 Å². The number of rotatable bonds is 5. The van der Waals surface area contributed by atoms with Crippen LogP contribution in [0.15, 0.2) is 65.6 Å². The van der Waals surface area contributed by atoms with Gasteiger partial charge in [0.2, 0.25) is 0 Å². The number of nitro benzene ring substituents is 1. The molecule has 1 unspecified atom stereocenters. The third-order valence-corrected chi connectivity index (χ3v) is 6.47. The van der Waals surface area contributed by atoms with Crippen molar-refractivity contribution in [1.29, 1.82) is 0 Å². The Balaban J connectivity index is 1.82. The van der Waals surface area contributed by atoms with E-state index in [1.165, 1.54) is 25.1 Å². The van der Waals surface area contributed by atoms with Crippen LogP contribution in [0.3, 0.4) is 0 Å². The zero-order valence-corrected chi connectivity index (χ0v) is 17.7. The first-order valence-electron chi connectivity index (χ1n) is 9.31. The van der Waals surface area contributed by atoms with Crippen LogP contribution in [0.5, 0.6) is 11.5 Å². The lowest BCUT2D eigenvalue weighted by Gasteiger charge is -2.37. The third kappa shape index (κ3) is 3.96. The second-order valence-electron chi connectivity index (χ2n) is 6.89. The Morgan fingerprint density at radius 3 is 2.73 bits per heavy atom. The number of aromatic hydroxyl groups is 1. The minimum atomic E-state index is -0.365. The summed E-state index contributed by atoms with van der Waals surface area (Å²) in [5.74, 6) is 0.485. The Hall–Kier alpha value is -2.74. The molecular weight excluding hydrogens is 424 g/mol. The molecule has 1 heterocycles. The van der Waals surface area contributed by atoms with E-state index in [4.69, 9.17) is 16.3 Å². The highest BCUT2D eigenvalue weighted by atomic mass is 35.5. The van der Waals surface area contributed by atoms with Crippen molar-refractivity contribution in [3.05, 3.63) is 92.5 Å². The fraction of sp³-hybridized carbons (Fsp3) is 0.182. The summed E-state index contributed by atoms with van der Waals surface area (Å²) in [6.45, 7) is 0.646. The average molecular weight is 443 g/mol. The number of phenols is 1. The lowest BCUT2D eigenvalue weighted by Crippen LogP contribution is -2.31. The van der Waals surface area contributed by atoms with Crippen LogP contribution >= 0.6 is 23.5 Å². The van der Waals surface area contributed by atoms with Crippen LogP contribution in [-0.2, 0) is 6.42 Å². The lowest BCUT2D eigenvalue weighted by molar-refractivity contribution is -0.387. The summed E-state index contributed by atoms with van der Waals surface area (Å²) < 4.78 is 7.45. The number of halogens is 1. The van der Waals surface area contributed by atoms with Crippen LogP contribution in [-0.4, -0.2) is 28.0 Å². The molecule has 0 bridgehead atoms. The van der Waals surface area contributed by atoms with Crippen LogP contribution < -0.4 is 4.74 Å². The Labute approximate surface area is 183 Å². The maximum atomic E-state index is 11.5. The van der Waals surface area contributed by atoms with Gasteiger partial charge in [-0.3, -0.25) is 10.1 Å². The summed E-state index contributed by atoms with van der Waals surface area (Å²) >= 11 is 7.63. The first-order valence-corrected chi connectivity index (χ1v) is 10.5. The fourth-order valence-electron chi connectivity index (χ4n) is 3.71. The molecule has 0 spiro atoms. The molecule has 30 heavy (non-hydrogen) atoms. The van der Waals surface area contributed by atoms with Crippen molar-refractivity contribution in [2.45, 2.75) is 17.4 Å². The van der Waals surface area contributed by atoms with Gasteiger partial charge in [-0.05, 0) is 65.4 Å². The predicted molar refractivity (Wildman–Crippen MR) is 117 cm³/mol. The van der Waals surface area contributed by atoms with E-state index >= 15 is 0 Å². The molecule has 0 saturated carbocycles. The monoisotopic (exact) mass is 442 g/mol. The standard InChI is InChI=1S/C22H19ClN2O4S/c1-29-20-13-17-14(12-19(20)26)9-10-24(22(17)15-5-4-6-16(23)11-15)30-21-8-3-2-7-18(21)25(27)28/h2-8,11-13,22,26H,9-10H2,1H3. The number of hydrogen-bond donors (Lipinski definition) is 1. The molecule has 3 aromatic rings. The van der Waals surface area contributed by atoms with Crippen LogP contribution in [0.2, 0.25) is 5.02 Å². The van der Waals surface area contributed by atoms with Crippen molar-refractivity contribution in [3.8, 4) is 11.5 Å². The zero-order valence-electron chi connectivity index (χ0n) is 16.1. The Kier molecular flexibility index (Phi) is 5.85. The quantitative estimate of drug-likeness (QED) is 0.314. The molecule has 1 aliphatic heterocycles. The first kappa shape index (κ1) is 20.5. The molecular formula is C22H19ClN2O4S. The van der Waals surface area contributed by atoms with Crippen molar-refractivity contribution in [2.24, 2.45) is 0 Å². The summed E-state index contributed by atoms with van der Waals surface area (Å²) in [5.41, 5.74) is 3.02. The van der Waals surface area contributed by atoms with Gasteiger partial charge in [-0.2, -0.15) is 0 Å². The number of hydrogen-bond acceptors (Lipinski definition) is 6. The van der Waals surface area contributed by atoms with E-state index in [0.717, 1.165) is 16.7 Å². The molecule has 8 heteroatoms. The summed E-state index contributed by atoms with van der Waals surface area (Å²) in [6.07, 6.45) is 0.692. The van der Waals surface area contributed by atoms with Crippen molar-refractivity contribution in [3.63, 3.8) is 0 Å². The number of nitro groups is 1. The Morgan fingerprint density at radius 2 is 2.00 bits per heavy atom. The topological polar surface area (TPSA) is 75.8 Å². The second kappa shape index (κ2) is 8.55. The molecule has 0 saturated heterocycles. The molecule has 1 N–H and O–H groups in total. The highest BCUT2D eigenvalue weighted by molar-refractivity contribution is 7.97. The van der Waals surface area contributed by atoms with E-state index in [-0.39, 0.29) is 22.4 Å². The molecule has 4 rings (SSSR count). The first-order chi connectivity index (χ1) is 14.5. The van der Waals surface area contributed by atoms with E-state index in [1.807, 2.05) is 30.3 Å². The SMILES string of the molecule is COc1cc2c(cc1O)CCN(Sc1ccccc1[N+](=O)[O-])C2c1cccc(Cl)c1. The molecule has 1 atom stereocenters. The van der Waals surface area contributed by atoms with Crippen molar-refractivity contribution >= 4 is 29.2 Å². The maximum Gasteiger partial charge on any atom is 0.284 e. The van der Waals surface area contributed by atoms with E-state index in [9.17, 15) is 15.2 Å². The van der Waals surface area contributed by atoms with Gasteiger partial charge < -0.3 is 9.84 Å². The van der Waals surface area contributed by atoms with Gasteiger partial charge in [0.05, 0.1) is 18.1 Å². The van der Waals surface area contributed by atoms with Crippen LogP contribution in [0.1, 0.15) is 22.7 Å². The van der Waals surface area contributed by atoms with E-state index in [2.05, 4.69) is 4.31 Å². The summed E-state index contributed by atoms with van der Waals surface area (Å²) in [5, 5.41) is 22.3. The van der Waals surface area contributed by atoms with E-state index in [0.29, 0.717) is 28.6 Å². The molecule has 0 radical (unpaired) electrons. The second-order valence-corrected chi connectivity index (χ2v) is 8.42. The lowest BCUT2D eigenvalue weighted by atomic mass is 9.89. The summed E-state index contributed by atoms with van der Waals surface area (Å²) in [6, 6.07) is 17.7. The Morgan fingerprint density at radius 1 is 1.20 bits per heavy atom. The van der Waals surface area contributed by atoms with Gasteiger partial charge in [-0.1, -0.05) is 35.9 Å². The van der Waals surface area contributed by atoms with Gasteiger partial charge in [-0.25, -0.2) is 4.31 Å². The van der Waals surface area contributed by atoms with Gasteiger partial charge >= 0.3 is 0 Å². The Bertz CT molecular complexity index is 1110. The van der Waals surface area contributed by atoms with Gasteiger partial charge in [0, 0.05) is 17.6 Å². The third-order valence-electron chi connectivity index (χ3n) is 5.07. The van der Waals surface area contributed by atoms with E-state index < -0.39 is 0 Å². The number of methoxy groups -OCH3 is 1. The van der Waals surface area contributed by atoms with Gasteiger partial charge in [0.1, 0.15) is 4.90 Å². The van der Waals surface area contributed by atoms with Gasteiger partial charge in [0.25, 0.3) is 5.69 Å². The van der Waals surface area contributed by atoms with Gasteiger partial charge in [-0.15, -0.1) is 0 Å². The molecule has 154 valence electrons. The molecule has 0 aliphatic carbocycles. The molecule has 1 aliphatic rings. The van der Waals surface area contributed by atoms with E-state index in [1.54, 1.807) is 24.3 Å². The number of nitrogens with zero attached hydrogens (tertiary/aromatic N) is 2. The minimum absolute atomic E-state index is 0.0708. The fourth-order valence-corrected chi connectivity index (χ4v) is 5.06. The minimum Gasteiger partial charge on any atom is -0.504 e. The molecule has 0 aromatic heterocycles. The maximum absolute atomic E-state index is 11.5. The highest BCUT2D eigenvalue weighted by Crippen LogP contribution is 2.46. The zero-order chi connectivity index (χ0) is 21.3. The molecule has 0 fully saturated rings. The number of para-hydroxylation sites is 1. The van der Waals surface area contributed by atoms with Crippen LogP contribution in [0.25, 0.3) is 0 Å². The summed E-state index contributed by atoms with van der Waals surface area (Å²) in [4.78, 5) is 11.7. The normalized spacial score (nSPS) is 16.1. The highest BCUT2D eigenvalue weighted by Gasteiger charge is 2.32. The molecule has 3 aromatic carbocycles. The number of phenolic OH excluding ortho intramolecular Hbond substituents is 1. The molecule has 6 nitrogen and oxygen atoms in total. The van der Waals surface area contributed by atoms with Crippen molar-refractivity contribution in [2.75, 3.05) is 13.7 Å².